The van der Waals surface area contributed by atoms with Gasteiger partial charge in [0.2, 0.25) is 0 Å². The van der Waals surface area contributed by atoms with Crippen LogP contribution < -0.4 is 0 Å². The Morgan fingerprint density at radius 2 is 1.96 bits per heavy atom. The Morgan fingerprint density at radius 3 is 2.60 bits per heavy atom. The molecule has 1 heterocycles. The third-order valence-corrected chi connectivity index (χ3v) is 5.04. The molecule has 0 saturated heterocycles. The number of H-pyrrole nitrogens is 1. The molecule has 5 nitrogen and oxygen atoms in total. The number of rotatable bonds is 5. The normalized spacial score (nSPS) is 14.6. The van der Waals surface area contributed by atoms with Crippen LogP contribution in [-0.4, -0.2) is 41.5 Å². The Morgan fingerprint density at radius 1 is 1.28 bits per heavy atom. The van der Waals surface area contributed by atoms with Crippen molar-refractivity contribution >= 4 is 22.8 Å². The average molecular weight is 340 g/mol. The fourth-order valence-corrected chi connectivity index (χ4v) is 3.64. The highest BCUT2D eigenvalue weighted by molar-refractivity contribution is 6.01. The van der Waals surface area contributed by atoms with Gasteiger partial charge in [0.1, 0.15) is 5.69 Å². The van der Waals surface area contributed by atoms with Gasteiger partial charge < -0.3 is 14.6 Å². The minimum atomic E-state index is -0.468. The Bertz CT molecular complexity index is 815. The van der Waals surface area contributed by atoms with Crippen molar-refractivity contribution in [2.24, 2.45) is 0 Å². The highest BCUT2D eigenvalue weighted by Crippen LogP contribution is 2.28. The third kappa shape index (κ3) is 3.31. The lowest BCUT2D eigenvalue weighted by Gasteiger charge is -2.29. The first kappa shape index (κ1) is 17.3. The molecule has 0 unspecified atom stereocenters. The van der Waals surface area contributed by atoms with Gasteiger partial charge in [-0.2, -0.15) is 0 Å². The van der Waals surface area contributed by atoms with E-state index < -0.39 is 5.97 Å². The maximum absolute atomic E-state index is 13.3. The number of hydrogen-bond donors (Lipinski definition) is 1. The minimum Gasteiger partial charge on any atom is -0.466 e. The lowest BCUT2D eigenvalue weighted by Crippen LogP contribution is -2.41. The van der Waals surface area contributed by atoms with Gasteiger partial charge >= 0.3 is 5.97 Å². The summed E-state index contributed by atoms with van der Waals surface area (Å²) in [4.78, 5) is 30.1. The van der Waals surface area contributed by atoms with E-state index in [1.165, 1.54) is 7.11 Å². The highest BCUT2D eigenvalue weighted by atomic mass is 16.5. The summed E-state index contributed by atoms with van der Waals surface area (Å²) >= 11 is 0. The first-order valence-corrected chi connectivity index (χ1v) is 8.67. The predicted octanol–water partition coefficient (Wildman–Crippen LogP) is 3.59. The SMILES string of the molecule is C=C(CN(C(=O)c1[nH]c2ccccc2c1C)C1CCCC1)C(=O)OC. The maximum atomic E-state index is 13.3. The number of fused-ring (bicyclic) bond motifs is 1. The molecule has 25 heavy (non-hydrogen) atoms. The van der Waals surface area contributed by atoms with Crippen LogP contribution in [0.3, 0.4) is 0 Å². The number of amides is 1. The van der Waals surface area contributed by atoms with Gasteiger partial charge in [0, 0.05) is 22.5 Å². The molecule has 1 aliphatic carbocycles. The quantitative estimate of drug-likeness (QED) is 0.668. The number of carbonyl (C=O) groups excluding carboxylic acids is 2. The fraction of sp³-hybridized carbons (Fsp3) is 0.400. The summed E-state index contributed by atoms with van der Waals surface area (Å²) < 4.78 is 4.75. The lowest BCUT2D eigenvalue weighted by atomic mass is 10.1. The summed E-state index contributed by atoms with van der Waals surface area (Å²) in [5, 5.41) is 1.05. The molecule has 0 radical (unpaired) electrons. The molecule has 1 fully saturated rings. The average Bonchev–Trinajstić information content (AvgIpc) is 3.27. The molecule has 0 spiro atoms. The second-order valence-electron chi connectivity index (χ2n) is 6.64. The van der Waals surface area contributed by atoms with Crippen LogP contribution in [0.25, 0.3) is 10.9 Å². The topological polar surface area (TPSA) is 62.4 Å². The van der Waals surface area contributed by atoms with E-state index in [4.69, 9.17) is 4.74 Å². The number of aromatic amines is 1. The zero-order valence-corrected chi connectivity index (χ0v) is 14.8. The van der Waals surface area contributed by atoms with E-state index in [1.54, 1.807) is 4.90 Å². The molecule has 0 aliphatic heterocycles. The van der Waals surface area contributed by atoms with E-state index in [-0.39, 0.29) is 18.5 Å². The van der Waals surface area contributed by atoms with Crippen molar-refractivity contribution in [1.29, 1.82) is 0 Å². The van der Waals surface area contributed by atoms with Crippen molar-refractivity contribution in [1.82, 2.24) is 9.88 Å². The molecule has 0 atom stereocenters. The largest absolute Gasteiger partial charge is 0.466 e. The van der Waals surface area contributed by atoms with E-state index in [0.717, 1.165) is 42.1 Å². The molecule has 1 N–H and O–H groups in total. The van der Waals surface area contributed by atoms with E-state index >= 15 is 0 Å². The number of carbonyl (C=O) groups is 2. The van der Waals surface area contributed by atoms with Crippen molar-refractivity contribution in [3.05, 3.63) is 47.7 Å². The lowest BCUT2D eigenvalue weighted by molar-refractivity contribution is -0.136. The van der Waals surface area contributed by atoms with E-state index in [1.807, 2.05) is 31.2 Å². The predicted molar refractivity (Wildman–Crippen MR) is 97.5 cm³/mol. The van der Waals surface area contributed by atoms with Crippen molar-refractivity contribution in [2.45, 2.75) is 38.6 Å². The van der Waals surface area contributed by atoms with Gasteiger partial charge in [0.25, 0.3) is 5.91 Å². The summed E-state index contributed by atoms with van der Waals surface area (Å²) in [7, 11) is 1.33. The fourth-order valence-electron chi connectivity index (χ4n) is 3.64. The molecule has 2 aromatic rings. The van der Waals surface area contributed by atoms with Gasteiger partial charge in [-0.05, 0) is 31.4 Å². The van der Waals surface area contributed by atoms with Gasteiger partial charge in [-0.3, -0.25) is 4.79 Å². The molecule has 1 aromatic heterocycles. The molecule has 5 heteroatoms. The summed E-state index contributed by atoms with van der Waals surface area (Å²) in [6.07, 6.45) is 4.12. The second kappa shape index (κ2) is 7.13. The number of benzene rings is 1. The van der Waals surface area contributed by atoms with Crippen LogP contribution in [0.15, 0.2) is 36.4 Å². The molecule has 1 aliphatic rings. The molecule has 1 saturated carbocycles. The Labute approximate surface area is 147 Å². The van der Waals surface area contributed by atoms with Gasteiger partial charge in [-0.25, -0.2) is 4.79 Å². The van der Waals surface area contributed by atoms with Crippen molar-refractivity contribution in [3.8, 4) is 0 Å². The summed E-state index contributed by atoms with van der Waals surface area (Å²) in [6, 6.07) is 8.02. The van der Waals surface area contributed by atoms with Crippen LogP contribution in [0.5, 0.6) is 0 Å². The van der Waals surface area contributed by atoms with Crippen molar-refractivity contribution in [3.63, 3.8) is 0 Å². The van der Waals surface area contributed by atoms with Crippen molar-refractivity contribution in [2.75, 3.05) is 13.7 Å². The second-order valence-corrected chi connectivity index (χ2v) is 6.64. The number of aromatic nitrogens is 1. The van der Waals surface area contributed by atoms with Crippen LogP contribution >= 0.6 is 0 Å². The van der Waals surface area contributed by atoms with Gasteiger partial charge in [0.15, 0.2) is 0 Å². The number of aryl methyl sites for hydroxylation is 1. The Kier molecular flexibility index (Phi) is 4.93. The molecule has 1 aromatic carbocycles. The van der Waals surface area contributed by atoms with Crippen LogP contribution in [-0.2, 0) is 9.53 Å². The summed E-state index contributed by atoms with van der Waals surface area (Å²) in [5.41, 5.74) is 2.77. The number of hydrogen-bond acceptors (Lipinski definition) is 3. The Hall–Kier alpha value is -2.56. The first-order valence-electron chi connectivity index (χ1n) is 8.67. The van der Waals surface area contributed by atoms with Gasteiger partial charge in [-0.1, -0.05) is 37.6 Å². The third-order valence-electron chi connectivity index (χ3n) is 5.04. The molecular formula is C20H24N2O3. The standard InChI is InChI=1S/C20H24N2O3/c1-13(20(24)25-3)12-22(15-8-4-5-9-15)19(23)18-14(2)16-10-6-7-11-17(16)21-18/h6-7,10-11,15,21H,1,4-5,8-9,12H2,2-3H3. The van der Waals surface area contributed by atoms with Gasteiger partial charge in [0.05, 0.1) is 13.7 Å². The molecule has 0 bridgehead atoms. The van der Waals surface area contributed by atoms with Gasteiger partial charge in [-0.15, -0.1) is 0 Å². The number of nitrogens with zero attached hydrogens (tertiary/aromatic N) is 1. The minimum absolute atomic E-state index is 0.0781. The molecule has 132 valence electrons. The summed E-state index contributed by atoms with van der Waals surface area (Å²) in [5.74, 6) is -0.546. The number of methoxy groups -OCH3 is 1. The molecule has 1 amide bonds. The number of ether oxygens (including phenoxy) is 1. The monoisotopic (exact) mass is 340 g/mol. The first-order chi connectivity index (χ1) is 12.0. The Balaban J connectivity index is 1.93. The smallest absolute Gasteiger partial charge is 0.334 e. The number of nitrogens with one attached hydrogen (secondary N) is 1. The number of esters is 1. The number of para-hydroxylation sites is 1. The molecular weight excluding hydrogens is 316 g/mol. The van der Waals surface area contributed by atoms with Crippen LogP contribution in [0.4, 0.5) is 0 Å². The van der Waals surface area contributed by atoms with E-state index in [0.29, 0.717) is 11.3 Å². The van der Waals surface area contributed by atoms with Crippen LogP contribution in [0.2, 0.25) is 0 Å². The van der Waals surface area contributed by atoms with Crippen molar-refractivity contribution < 1.29 is 14.3 Å². The highest BCUT2D eigenvalue weighted by Gasteiger charge is 2.30. The van der Waals surface area contributed by atoms with E-state index in [9.17, 15) is 9.59 Å². The van der Waals surface area contributed by atoms with Crippen LogP contribution in [0.1, 0.15) is 41.7 Å². The molecule has 3 rings (SSSR count). The van der Waals surface area contributed by atoms with E-state index in [2.05, 4.69) is 11.6 Å². The summed E-state index contributed by atoms with van der Waals surface area (Å²) in [6.45, 7) is 5.95. The van der Waals surface area contributed by atoms with Crippen LogP contribution in [0, 0.1) is 6.92 Å². The maximum Gasteiger partial charge on any atom is 0.334 e. The zero-order chi connectivity index (χ0) is 18.0. The zero-order valence-electron chi connectivity index (χ0n) is 14.8.